The third-order valence-electron chi connectivity index (χ3n) is 5.89. The minimum absolute atomic E-state index is 0.111. The van der Waals surface area contributed by atoms with Crippen LogP contribution >= 0.6 is 0 Å². The molecule has 0 unspecified atom stereocenters. The number of rotatable bonds is 13. The third kappa shape index (κ3) is 11.0. The fraction of sp³-hybridized carbons (Fsp3) is 0.393. The van der Waals surface area contributed by atoms with Crippen molar-refractivity contribution in [1.29, 1.82) is 0 Å². The van der Waals surface area contributed by atoms with Gasteiger partial charge in [-0.2, -0.15) is 18.3 Å². The Labute approximate surface area is 272 Å². The highest BCUT2D eigenvalue weighted by Gasteiger charge is 2.35. The summed E-state index contributed by atoms with van der Waals surface area (Å²) < 4.78 is 83.0. The Hall–Kier alpha value is -5.11. The van der Waals surface area contributed by atoms with Crippen LogP contribution in [0.2, 0.25) is 0 Å². The van der Waals surface area contributed by atoms with Crippen molar-refractivity contribution < 1.29 is 60.3 Å². The molecule has 1 aromatic heterocycles. The minimum atomic E-state index is -4.74. The highest BCUT2D eigenvalue weighted by atomic mass is 32.2. The van der Waals surface area contributed by atoms with Crippen molar-refractivity contribution in [3.8, 4) is 16.9 Å². The molecule has 0 fully saturated rings. The summed E-state index contributed by atoms with van der Waals surface area (Å²) in [7, 11) is -4.50. The highest BCUT2D eigenvalue weighted by molar-refractivity contribution is 7.90. The van der Waals surface area contributed by atoms with E-state index in [1.165, 1.54) is 12.1 Å². The fourth-order valence-corrected chi connectivity index (χ4v) is 4.62. The van der Waals surface area contributed by atoms with Gasteiger partial charge in [0.1, 0.15) is 25.3 Å². The number of carbonyl (C=O) groups is 2. The van der Waals surface area contributed by atoms with Crippen molar-refractivity contribution in [3.63, 3.8) is 0 Å². The number of alkyl halides is 3. The zero-order chi connectivity index (χ0) is 35.7. The van der Waals surface area contributed by atoms with Crippen LogP contribution in [0.15, 0.2) is 64.8 Å². The highest BCUT2D eigenvalue weighted by Crippen LogP contribution is 2.33. The number of hydrazine groups is 1. The Kier molecular flexibility index (Phi) is 12.2. The van der Waals surface area contributed by atoms with Gasteiger partial charge in [-0.3, -0.25) is 0 Å². The molecule has 2 aromatic carbocycles. The van der Waals surface area contributed by atoms with Crippen molar-refractivity contribution in [2.45, 2.75) is 44.4 Å². The van der Waals surface area contributed by atoms with Crippen molar-refractivity contribution >= 4 is 22.3 Å². The number of halogens is 3. The fourth-order valence-electron chi connectivity index (χ4n) is 3.73. The van der Waals surface area contributed by atoms with Gasteiger partial charge in [-0.25, -0.2) is 27.4 Å². The molecule has 2 N–H and O–H groups in total. The molecular formula is C28H33F3N6O10S. The largest absolute Gasteiger partial charge is 0.569 e. The number of benzene rings is 2. The Morgan fingerprint density at radius 3 is 2.29 bits per heavy atom. The van der Waals surface area contributed by atoms with Crippen LogP contribution in [-0.4, -0.2) is 84.2 Å². The Balaban J connectivity index is 1.61. The van der Waals surface area contributed by atoms with Crippen LogP contribution in [0.25, 0.3) is 16.9 Å². The number of aliphatic hydroxyl groups excluding tert-OH is 1. The molecule has 3 aromatic rings. The van der Waals surface area contributed by atoms with E-state index in [9.17, 15) is 41.5 Å². The van der Waals surface area contributed by atoms with Crippen LogP contribution in [0, 0.1) is 12.1 Å². The number of nitrogens with one attached hydrogen (secondary N) is 1. The second kappa shape index (κ2) is 15.7. The van der Waals surface area contributed by atoms with Crippen LogP contribution in [0.4, 0.5) is 22.8 Å². The summed E-state index contributed by atoms with van der Waals surface area (Å²) in [6, 6.07) is 12.1. The SMILES string of the molecule is Cc1ccc(-c2cc(C(F)(F)F)nn2-c2ccc(S(=O)(=O)NC(=O)OCCN(CCO)/[N+]([O-])=N/OCOC(=O)OC(C)(C)C)cc2)cc1. The van der Waals surface area contributed by atoms with Gasteiger partial charge in [0.05, 0.1) is 27.9 Å². The van der Waals surface area contributed by atoms with E-state index in [1.54, 1.807) is 49.8 Å². The molecule has 3 rings (SSSR count). The van der Waals surface area contributed by atoms with Crippen LogP contribution in [0.1, 0.15) is 32.0 Å². The summed E-state index contributed by atoms with van der Waals surface area (Å²) in [5, 5.41) is 29.0. The van der Waals surface area contributed by atoms with Gasteiger partial charge in [0.2, 0.25) is 5.28 Å². The number of aliphatic hydroxyl groups is 1. The molecule has 1 amide bonds. The standard InChI is InChI=1S/C28H33F3N6O10S/c1-19-5-7-20(8-6-19)23-17-24(28(29,30)31)32-36(23)21-9-11-22(12-10-21)48(42,43)33-25(39)44-16-14-35(13-15-38)37(41)34-46-18-45-26(40)47-27(2,3)4/h5-12,17,38H,13-16,18H2,1-4H3,(H,33,39)/b37-34-. The molecule has 1 heterocycles. The van der Waals surface area contributed by atoms with Gasteiger partial charge in [0, 0.05) is 5.56 Å². The van der Waals surface area contributed by atoms with Gasteiger partial charge in [-0.05, 0) is 58.0 Å². The third-order valence-corrected chi connectivity index (χ3v) is 7.21. The van der Waals surface area contributed by atoms with Gasteiger partial charge >= 0.3 is 18.4 Å². The first-order valence-corrected chi connectivity index (χ1v) is 15.4. The van der Waals surface area contributed by atoms with E-state index in [4.69, 9.17) is 9.47 Å². The summed E-state index contributed by atoms with van der Waals surface area (Å²) in [4.78, 5) is 27.7. The smallest absolute Gasteiger partial charge is 0.511 e. The first-order valence-electron chi connectivity index (χ1n) is 14.0. The van der Waals surface area contributed by atoms with Crippen LogP contribution in [0.5, 0.6) is 0 Å². The number of ether oxygens (including phenoxy) is 3. The van der Waals surface area contributed by atoms with Gasteiger partial charge < -0.3 is 29.4 Å². The molecule has 0 aliphatic rings. The Morgan fingerprint density at radius 1 is 1.06 bits per heavy atom. The first-order chi connectivity index (χ1) is 22.4. The summed E-state index contributed by atoms with van der Waals surface area (Å²) in [6.07, 6.45) is -7.22. The molecule has 16 nitrogen and oxygen atoms in total. The van der Waals surface area contributed by atoms with E-state index in [2.05, 4.69) is 20.0 Å². The molecule has 262 valence electrons. The molecular weight excluding hydrogens is 669 g/mol. The number of sulfonamides is 1. The normalized spacial score (nSPS) is 12.3. The molecule has 0 aliphatic heterocycles. The molecule has 0 saturated heterocycles. The monoisotopic (exact) mass is 702 g/mol. The molecule has 0 radical (unpaired) electrons. The number of aryl methyl sites for hydroxylation is 1. The van der Waals surface area contributed by atoms with E-state index in [1.807, 2.05) is 6.92 Å². The second-order valence-electron chi connectivity index (χ2n) is 10.8. The number of nitrogens with zero attached hydrogens (tertiary/aromatic N) is 5. The van der Waals surface area contributed by atoms with E-state index in [0.29, 0.717) is 5.56 Å². The van der Waals surface area contributed by atoms with Gasteiger partial charge in [0.15, 0.2) is 5.69 Å². The lowest BCUT2D eigenvalue weighted by molar-refractivity contribution is -0.712. The molecule has 0 spiro atoms. The summed E-state index contributed by atoms with van der Waals surface area (Å²) in [5.41, 5.74) is -0.422. The molecule has 20 heteroatoms. The van der Waals surface area contributed by atoms with Crippen molar-refractivity contribution in [2.75, 3.05) is 33.1 Å². The number of carbonyl (C=O) groups excluding carboxylic acids is 2. The predicted octanol–water partition coefficient (Wildman–Crippen LogP) is 4.29. The lowest BCUT2D eigenvalue weighted by Crippen LogP contribution is -2.38. The minimum Gasteiger partial charge on any atom is -0.569 e. The first kappa shape index (κ1) is 37.3. The topological polar surface area (TPSA) is 197 Å². The van der Waals surface area contributed by atoms with Crippen molar-refractivity contribution in [2.24, 2.45) is 5.28 Å². The average Bonchev–Trinajstić information content (AvgIpc) is 3.44. The van der Waals surface area contributed by atoms with E-state index < -0.39 is 64.6 Å². The summed E-state index contributed by atoms with van der Waals surface area (Å²) in [6.45, 7) is 4.10. The van der Waals surface area contributed by atoms with Gasteiger partial charge in [-0.1, -0.05) is 29.8 Å². The lowest BCUT2D eigenvalue weighted by Gasteiger charge is -2.18. The van der Waals surface area contributed by atoms with E-state index in [-0.39, 0.29) is 29.4 Å². The average molecular weight is 703 g/mol. The van der Waals surface area contributed by atoms with Gasteiger partial charge in [-0.15, -0.1) is 5.01 Å². The maximum absolute atomic E-state index is 13.5. The van der Waals surface area contributed by atoms with Crippen molar-refractivity contribution in [3.05, 3.63) is 71.1 Å². The number of amides is 1. The number of hydrogen-bond donors (Lipinski definition) is 2. The quantitative estimate of drug-likeness (QED) is 0.0641. The van der Waals surface area contributed by atoms with E-state index in [0.717, 1.165) is 33.5 Å². The summed E-state index contributed by atoms with van der Waals surface area (Å²) >= 11 is 0. The Bertz CT molecular complexity index is 1690. The predicted molar refractivity (Wildman–Crippen MR) is 158 cm³/mol. The van der Waals surface area contributed by atoms with Crippen LogP contribution in [-0.2, 0) is 35.2 Å². The maximum atomic E-state index is 13.5. The molecule has 0 saturated carbocycles. The number of hydrogen-bond acceptors (Lipinski definition) is 12. The van der Waals surface area contributed by atoms with Crippen molar-refractivity contribution in [1.82, 2.24) is 19.5 Å². The Morgan fingerprint density at radius 2 is 1.71 bits per heavy atom. The lowest BCUT2D eigenvalue weighted by atomic mass is 10.1. The second-order valence-corrected chi connectivity index (χ2v) is 12.5. The zero-order valence-electron chi connectivity index (χ0n) is 26.1. The maximum Gasteiger partial charge on any atom is 0.511 e. The molecule has 0 bridgehead atoms. The van der Waals surface area contributed by atoms with Gasteiger partial charge in [0.25, 0.3) is 16.8 Å². The van der Waals surface area contributed by atoms with E-state index >= 15 is 0 Å². The van der Waals surface area contributed by atoms with Crippen LogP contribution < -0.4 is 4.72 Å². The zero-order valence-corrected chi connectivity index (χ0v) is 26.9. The molecule has 0 atom stereocenters. The molecule has 0 aliphatic carbocycles. The van der Waals surface area contributed by atoms with Crippen LogP contribution in [0.3, 0.4) is 0 Å². The number of aromatic nitrogens is 2. The molecule has 48 heavy (non-hydrogen) atoms. The summed E-state index contributed by atoms with van der Waals surface area (Å²) in [5.74, 6) is 0.